The number of anilines is 1. The van der Waals surface area contributed by atoms with Crippen molar-refractivity contribution in [3.05, 3.63) is 64.2 Å². The quantitative estimate of drug-likeness (QED) is 0.667. The first-order valence-corrected chi connectivity index (χ1v) is 7.93. The molecule has 2 rings (SSSR count). The molecule has 0 saturated carbocycles. The summed E-state index contributed by atoms with van der Waals surface area (Å²) in [5, 5.41) is 2.61. The van der Waals surface area contributed by atoms with Crippen LogP contribution in [-0.4, -0.2) is 24.3 Å². The molecule has 0 spiro atoms. The first kappa shape index (κ1) is 18.4. The van der Waals surface area contributed by atoms with Gasteiger partial charge in [-0.2, -0.15) is 0 Å². The smallest absolute Gasteiger partial charge is 0.338 e. The number of aryl methyl sites for hydroxylation is 3. The number of amides is 1. The standard InChI is InChI=1S/C20H21NO4/c1-12-9-14(3)18(10-13(12)2)19(23)11-25-20(24)16-5-7-17(8-6-16)21-15(4)22/h5-10H,11H2,1-4H3,(H,21,22). The van der Waals surface area contributed by atoms with E-state index in [0.29, 0.717) is 16.8 Å². The van der Waals surface area contributed by atoms with Crippen molar-refractivity contribution in [2.45, 2.75) is 27.7 Å². The molecule has 5 heteroatoms. The van der Waals surface area contributed by atoms with E-state index in [1.807, 2.05) is 32.9 Å². The summed E-state index contributed by atoms with van der Waals surface area (Å²) in [6, 6.07) is 10.1. The van der Waals surface area contributed by atoms with Crippen molar-refractivity contribution in [1.29, 1.82) is 0 Å². The van der Waals surface area contributed by atoms with Gasteiger partial charge in [-0.15, -0.1) is 0 Å². The highest BCUT2D eigenvalue weighted by atomic mass is 16.5. The van der Waals surface area contributed by atoms with Crippen LogP contribution in [0.1, 0.15) is 44.3 Å². The first-order valence-electron chi connectivity index (χ1n) is 7.93. The van der Waals surface area contributed by atoms with E-state index in [4.69, 9.17) is 4.74 Å². The molecule has 0 radical (unpaired) electrons. The van der Waals surface area contributed by atoms with Crippen LogP contribution in [0.25, 0.3) is 0 Å². The van der Waals surface area contributed by atoms with E-state index < -0.39 is 5.97 Å². The van der Waals surface area contributed by atoms with Crippen molar-refractivity contribution < 1.29 is 19.1 Å². The van der Waals surface area contributed by atoms with E-state index in [2.05, 4.69) is 5.32 Å². The number of esters is 1. The van der Waals surface area contributed by atoms with Crippen molar-refractivity contribution in [3.8, 4) is 0 Å². The third kappa shape index (κ3) is 4.76. The zero-order chi connectivity index (χ0) is 18.6. The van der Waals surface area contributed by atoms with Crippen LogP contribution in [0.2, 0.25) is 0 Å². The predicted octanol–water partition coefficient (Wildman–Crippen LogP) is 3.61. The second kappa shape index (κ2) is 7.75. The maximum atomic E-state index is 12.3. The molecule has 1 N–H and O–H groups in total. The molecular weight excluding hydrogens is 318 g/mol. The van der Waals surface area contributed by atoms with Gasteiger partial charge >= 0.3 is 5.97 Å². The van der Waals surface area contributed by atoms with Crippen molar-refractivity contribution in [3.63, 3.8) is 0 Å². The van der Waals surface area contributed by atoms with E-state index >= 15 is 0 Å². The monoisotopic (exact) mass is 339 g/mol. The van der Waals surface area contributed by atoms with Gasteiger partial charge in [0.1, 0.15) is 0 Å². The molecule has 25 heavy (non-hydrogen) atoms. The number of carbonyl (C=O) groups is 3. The van der Waals surface area contributed by atoms with Gasteiger partial charge in [0.15, 0.2) is 6.61 Å². The number of rotatable bonds is 5. The Morgan fingerprint density at radius 1 is 0.920 bits per heavy atom. The molecule has 0 atom stereocenters. The summed E-state index contributed by atoms with van der Waals surface area (Å²) in [6.45, 7) is 6.88. The Kier molecular flexibility index (Phi) is 5.70. The highest BCUT2D eigenvalue weighted by molar-refractivity contribution is 6.00. The summed E-state index contributed by atoms with van der Waals surface area (Å²) in [6.07, 6.45) is 0. The van der Waals surface area contributed by atoms with E-state index in [-0.39, 0.29) is 18.3 Å². The largest absolute Gasteiger partial charge is 0.454 e. The molecule has 2 aromatic rings. The lowest BCUT2D eigenvalue weighted by Crippen LogP contribution is -2.15. The zero-order valence-corrected chi connectivity index (χ0v) is 14.8. The molecule has 0 aromatic heterocycles. The van der Waals surface area contributed by atoms with Crippen LogP contribution in [-0.2, 0) is 9.53 Å². The van der Waals surface area contributed by atoms with Gasteiger partial charge < -0.3 is 10.1 Å². The average Bonchev–Trinajstić information content (AvgIpc) is 2.55. The maximum Gasteiger partial charge on any atom is 0.338 e. The summed E-state index contributed by atoms with van der Waals surface area (Å²) in [5.41, 5.74) is 4.48. The Morgan fingerprint density at radius 3 is 2.12 bits per heavy atom. The minimum Gasteiger partial charge on any atom is -0.454 e. The van der Waals surface area contributed by atoms with Crippen molar-refractivity contribution in [2.24, 2.45) is 0 Å². The fourth-order valence-corrected chi connectivity index (χ4v) is 2.45. The highest BCUT2D eigenvalue weighted by Gasteiger charge is 2.14. The average molecular weight is 339 g/mol. The number of benzene rings is 2. The van der Waals surface area contributed by atoms with Crippen LogP contribution < -0.4 is 5.32 Å². The molecule has 0 bridgehead atoms. The molecular formula is C20H21NO4. The van der Waals surface area contributed by atoms with Gasteiger partial charge in [0.05, 0.1) is 5.56 Å². The van der Waals surface area contributed by atoms with E-state index in [1.54, 1.807) is 24.3 Å². The normalized spacial score (nSPS) is 10.2. The Balaban J connectivity index is 2.01. The highest BCUT2D eigenvalue weighted by Crippen LogP contribution is 2.16. The van der Waals surface area contributed by atoms with Crippen LogP contribution in [0.3, 0.4) is 0 Å². The van der Waals surface area contributed by atoms with Gasteiger partial charge in [-0.05, 0) is 67.8 Å². The van der Waals surface area contributed by atoms with Crippen molar-refractivity contribution in [2.75, 3.05) is 11.9 Å². The molecule has 0 unspecified atom stereocenters. The Bertz CT molecular complexity index is 822. The summed E-state index contributed by atoms with van der Waals surface area (Å²) in [4.78, 5) is 35.3. The van der Waals surface area contributed by atoms with Crippen LogP contribution in [0.5, 0.6) is 0 Å². The SMILES string of the molecule is CC(=O)Nc1ccc(C(=O)OCC(=O)c2cc(C)c(C)cc2C)cc1. The fraction of sp³-hybridized carbons (Fsp3) is 0.250. The first-order chi connectivity index (χ1) is 11.8. The molecule has 0 aliphatic rings. The van der Waals surface area contributed by atoms with Gasteiger partial charge in [0, 0.05) is 18.2 Å². The maximum absolute atomic E-state index is 12.3. The van der Waals surface area contributed by atoms with Crippen molar-refractivity contribution >= 4 is 23.3 Å². The minimum atomic E-state index is -0.579. The fourth-order valence-electron chi connectivity index (χ4n) is 2.45. The van der Waals surface area contributed by atoms with Crippen LogP contribution in [0, 0.1) is 20.8 Å². The van der Waals surface area contributed by atoms with Crippen LogP contribution >= 0.6 is 0 Å². The Morgan fingerprint density at radius 2 is 1.52 bits per heavy atom. The zero-order valence-electron chi connectivity index (χ0n) is 14.8. The molecule has 0 saturated heterocycles. The molecule has 0 heterocycles. The third-order valence-electron chi connectivity index (χ3n) is 3.92. The molecule has 0 aliphatic heterocycles. The number of hydrogen-bond donors (Lipinski definition) is 1. The second-order valence-corrected chi connectivity index (χ2v) is 6.01. The molecule has 0 aliphatic carbocycles. The molecule has 0 fully saturated rings. The molecule has 1 amide bonds. The van der Waals surface area contributed by atoms with Gasteiger partial charge in [0.2, 0.25) is 11.7 Å². The number of nitrogens with one attached hydrogen (secondary N) is 1. The van der Waals surface area contributed by atoms with Crippen LogP contribution in [0.15, 0.2) is 36.4 Å². The number of hydrogen-bond acceptors (Lipinski definition) is 4. The molecule has 130 valence electrons. The lowest BCUT2D eigenvalue weighted by atomic mass is 9.98. The number of Topliss-reactive ketones (excluding diaryl/α,β-unsaturated/α-hetero) is 1. The van der Waals surface area contributed by atoms with E-state index in [0.717, 1.165) is 16.7 Å². The van der Waals surface area contributed by atoms with Crippen LogP contribution in [0.4, 0.5) is 5.69 Å². The third-order valence-corrected chi connectivity index (χ3v) is 3.92. The minimum absolute atomic E-state index is 0.190. The van der Waals surface area contributed by atoms with Gasteiger partial charge in [0.25, 0.3) is 0 Å². The number of carbonyl (C=O) groups excluding carboxylic acids is 3. The molecule has 2 aromatic carbocycles. The number of ketones is 1. The Hall–Kier alpha value is -2.95. The van der Waals surface area contributed by atoms with Gasteiger partial charge in [-0.25, -0.2) is 4.79 Å². The lowest BCUT2D eigenvalue weighted by molar-refractivity contribution is -0.114. The van der Waals surface area contributed by atoms with E-state index in [1.165, 1.54) is 6.92 Å². The lowest BCUT2D eigenvalue weighted by Gasteiger charge is -2.10. The molecule has 5 nitrogen and oxygen atoms in total. The Labute approximate surface area is 147 Å². The summed E-state index contributed by atoms with van der Waals surface area (Å²) >= 11 is 0. The van der Waals surface area contributed by atoms with E-state index in [9.17, 15) is 14.4 Å². The summed E-state index contributed by atoms with van der Waals surface area (Å²) in [7, 11) is 0. The van der Waals surface area contributed by atoms with Gasteiger partial charge in [-0.3, -0.25) is 9.59 Å². The summed E-state index contributed by atoms with van der Waals surface area (Å²) < 4.78 is 5.11. The second-order valence-electron chi connectivity index (χ2n) is 6.01. The summed E-state index contributed by atoms with van der Waals surface area (Å²) in [5.74, 6) is -1.00. The van der Waals surface area contributed by atoms with Gasteiger partial charge in [-0.1, -0.05) is 6.07 Å². The number of ether oxygens (including phenoxy) is 1. The topological polar surface area (TPSA) is 72.5 Å². The predicted molar refractivity (Wildman–Crippen MR) is 96.0 cm³/mol. The van der Waals surface area contributed by atoms with Crippen molar-refractivity contribution in [1.82, 2.24) is 0 Å².